The van der Waals surface area contributed by atoms with Crippen molar-refractivity contribution in [1.29, 1.82) is 0 Å². The Balaban J connectivity index is 2.66. The van der Waals surface area contributed by atoms with Crippen LogP contribution in [-0.2, 0) is 4.79 Å². The van der Waals surface area contributed by atoms with Gasteiger partial charge in [-0.2, -0.15) is 0 Å². The Labute approximate surface area is 110 Å². The number of carbonyl (C=O) groups excluding carboxylic acids is 1. The van der Waals surface area contributed by atoms with E-state index in [-0.39, 0.29) is 22.8 Å². The number of aromatic nitrogens is 2. The van der Waals surface area contributed by atoms with Gasteiger partial charge in [0.1, 0.15) is 0 Å². The van der Waals surface area contributed by atoms with Crippen LogP contribution in [0.25, 0.3) is 0 Å². The van der Waals surface area contributed by atoms with E-state index in [0.29, 0.717) is 12.2 Å². The fourth-order valence-electron chi connectivity index (χ4n) is 1.23. The number of hydrogen-bond acceptors (Lipinski definition) is 4. The van der Waals surface area contributed by atoms with E-state index in [4.69, 9.17) is 23.2 Å². The molecule has 0 aliphatic heterocycles. The van der Waals surface area contributed by atoms with E-state index in [9.17, 15) is 4.79 Å². The van der Waals surface area contributed by atoms with Crippen molar-refractivity contribution < 1.29 is 4.79 Å². The van der Waals surface area contributed by atoms with Gasteiger partial charge in [0, 0.05) is 19.7 Å². The maximum Gasteiger partial charge on any atom is 0.239 e. The van der Waals surface area contributed by atoms with Crippen LogP contribution in [0.5, 0.6) is 0 Å². The van der Waals surface area contributed by atoms with Crippen LogP contribution in [0.2, 0.25) is 10.3 Å². The molecule has 0 atom stereocenters. The highest BCUT2D eigenvalue weighted by molar-refractivity contribution is 6.33. The van der Waals surface area contributed by atoms with E-state index < -0.39 is 0 Å². The lowest BCUT2D eigenvalue weighted by atomic mass is 10.4. The molecule has 94 valence electrons. The van der Waals surface area contributed by atoms with Gasteiger partial charge in [-0.25, -0.2) is 0 Å². The van der Waals surface area contributed by atoms with Crippen LogP contribution in [0.15, 0.2) is 6.07 Å². The maximum atomic E-state index is 11.5. The lowest BCUT2D eigenvalue weighted by Crippen LogP contribution is -2.35. The van der Waals surface area contributed by atoms with E-state index >= 15 is 0 Å². The van der Waals surface area contributed by atoms with Crippen molar-refractivity contribution in [3.8, 4) is 0 Å². The first-order chi connectivity index (χ1) is 8.04. The first kappa shape index (κ1) is 14.0. The van der Waals surface area contributed by atoms with E-state index in [2.05, 4.69) is 15.5 Å². The minimum atomic E-state index is -0.0710. The van der Waals surface area contributed by atoms with Gasteiger partial charge in [0.15, 0.2) is 10.3 Å². The molecule has 1 rings (SSSR count). The number of nitrogens with zero attached hydrogens (tertiary/aromatic N) is 3. The van der Waals surface area contributed by atoms with Gasteiger partial charge in [0.2, 0.25) is 5.91 Å². The minimum Gasteiger partial charge on any atom is -0.363 e. The van der Waals surface area contributed by atoms with Crippen molar-refractivity contribution in [3.63, 3.8) is 0 Å². The molecular weight excluding hydrogens is 263 g/mol. The minimum absolute atomic E-state index is 0.0710. The highest BCUT2D eigenvalue weighted by Crippen LogP contribution is 2.23. The zero-order chi connectivity index (χ0) is 12.8. The fraction of sp³-hybridized carbons (Fsp3) is 0.500. The molecular formula is C10H14Cl2N4O. The molecule has 1 amide bonds. The van der Waals surface area contributed by atoms with E-state index in [0.717, 1.165) is 6.42 Å². The monoisotopic (exact) mass is 276 g/mol. The summed E-state index contributed by atoms with van der Waals surface area (Å²) in [6, 6.07) is 1.57. The van der Waals surface area contributed by atoms with Crippen LogP contribution in [0.3, 0.4) is 0 Å². The summed E-state index contributed by atoms with van der Waals surface area (Å²) in [4.78, 5) is 13.2. The van der Waals surface area contributed by atoms with Gasteiger partial charge < -0.3 is 10.2 Å². The van der Waals surface area contributed by atoms with Gasteiger partial charge in [-0.05, 0) is 6.42 Å². The third-order valence-corrected chi connectivity index (χ3v) is 2.52. The van der Waals surface area contributed by atoms with Crippen LogP contribution in [-0.4, -0.2) is 36.2 Å². The molecule has 1 aromatic heterocycles. The molecule has 0 saturated heterocycles. The standard InChI is InChI=1S/C10H14Cl2N4O/c1-3-4-13-9(17)6-16(2)7-5-8(11)14-15-10(7)12/h5H,3-4,6H2,1-2H3,(H,13,17). The third kappa shape index (κ3) is 4.36. The van der Waals surface area contributed by atoms with E-state index in [1.54, 1.807) is 18.0 Å². The summed E-state index contributed by atoms with van der Waals surface area (Å²) in [6.07, 6.45) is 0.902. The average molecular weight is 277 g/mol. The van der Waals surface area contributed by atoms with Crippen LogP contribution < -0.4 is 10.2 Å². The van der Waals surface area contributed by atoms with Gasteiger partial charge in [0.25, 0.3) is 0 Å². The lowest BCUT2D eigenvalue weighted by Gasteiger charge is -2.19. The van der Waals surface area contributed by atoms with Crippen LogP contribution in [0.1, 0.15) is 13.3 Å². The Morgan fingerprint density at radius 1 is 1.47 bits per heavy atom. The number of likely N-dealkylation sites (N-methyl/N-ethyl adjacent to an activating group) is 1. The number of halogens is 2. The molecule has 0 aliphatic carbocycles. The quantitative estimate of drug-likeness (QED) is 0.890. The summed E-state index contributed by atoms with van der Waals surface area (Å²) in [5.41, 5.74) is 0.582. The molecule has 0 aromatic carbocycles. The zero-order valence-corrected chi connectivity index (χ0v) is 11.2. The van der Waals surface area contributed by atoms with Crippen LogP contribution in [0.4, 0.5) is 5.69 Å². The average Bonchev–Trinajstić information content (AvgIpc) is 2.29. The first-order valence-electron chi connectivity index (χ1n) is 5.21. The first-order valence-corrected chi connectivity index (χ1v) is 5.96. The molecule has 17 heavy (non-hydrogen) atoms. The van der Waals surface area contributed by atoms with Crippen molar-refractivity contribution in [2.45, 2.75) is 13.3 Å². The summed E-state index contributed by atoms with van der Waals surface area (Å²) in [7, 11) is 1.74. The Kier molecular flexibility index (Phi) is 5.44. The van der Waals surface area contributed by atoms with Crippen molar-refractivity contribution in [2.75, 3.05) is 25.0 Å². The van der Waals surface area contributed by atoms with Crippen molar-refractivity contribution in [3.05, 3.63) is 16.4 Å². The number of hydrogen-bond donors (Lipinski definition) is 1. The summed E-state index contributed by atoms with van der Waals surface area (Å²) in [5, 5.41) is 10.5. The Hall–Kier alpha value is -1.07. The number of amides is 1. The van der Waals surface area contributed by atoms with Crippen molar-refractivity contribution in [1.82, 2.24) is 15.5 Å². The topological polar surface area (TPSA) is 58.1 Å². The van der Waals surface area contributed by atoms with Gasteiger partial charge >= 0.3 is 0 Å². The van der Waals surface area contributed by atoms with E-state index in [1.807, 2.05) is 6.92 Å². The molecule has 0 bridgehead atoms. The number of nitrogens with one attached hydrogen (secondary N) is 1. The fourth-order valence-corrected chi connectivity index (χ4v) is 1.61. The predicted molar refractivity (Wildman–Crippen MR) is 68.6 cm³/mol. The number of carbonyl (C=O) groups is 1. The SMILES string of the molecule is CCCNC(=O)CN(C)c1cc(Cl)nnc1Cl. The molecule has 1 heterocycles. The van der Waals surface area contributed by atoms with Crippen LogP contribution >= 0.6 is 23.2 Å². The lowest BCUT2D eigenvalue weighted by molar-refractivity contribution is -0.119. The molecule has 7 heteroatoms. The maximum absolute atomic E-state index is 11.5. The van der Waals surface area contributed by atoms with Crippen molar-refractivity contribution >= 4 is 34.8 Å². The Bertz CT molecular complexity index is 400. The van der Waals surface area contributed by atoms with Crippen LogP contribution in [0, 0.1) is 0 Å². The Morgan fingerprint density at radius 3 is 2.82 bits per heavy atom. The molecule has 0 radical (unpaired) electrons. The smallest absolute Gasteiger partial charge is 0.239 e. The molecule has 0 spiro atoms. The van der Waals surface area contributed by atoms with E-state index in [1.165, 1.54) is 0 Å². The molecule has 1 N–H and O–H groups in total. The molecule has 0 unspecified atom stereocenters. The summed E-state index contributed by atoms with van der Waals surface area (Å²) in [6.45, 7) is 2.85. The largest absolute Gasteiger partial charge is 0.363 e. The van der Waals surface area contributed by atoms with Gasteiger partial charge in [0.05, 0.1) is 12.2 Å². The zero-order valence-electron chi connectivity index (χ0n) is 9.70. The number of anilines is 1. The highest BCUT2D eigenvalue weighted by atomic mass is 35.5. The normalized spacial score (nSPS) is 10.1. The summed E-state index contributed by atoms with van der Waals surface area (Å²) in [5.74, 6) is -0.0710. The van der Waals surface area contributed by atoms with Gasteiger partial charge in [-0.15, -0.1) is 10.2 Å². The summed E-state index contributed by atoms with van der Waals surface area (Å²) < 4.78 is 0. The Morgan fingerprint density at radius 2 is 2.18 bits per heavy atom. The predicted octanol–water partition coefficient (Wildman–Crippen LogP) is 1.75. The third-order valence-electron chi connectivity index (χ3n) is 2.06. The molecule has 0 fully saturated rings. The summed E-state index contributed by atoms with van der Waals surface area (Å²) >= 11 is 11.6. The second-order valence-electron chi connectivity index (χ2n) is 3.55. The number of rotatable bonds is 5. The second-order valence-corrected chi connectivity index (χ2v) is 4.29. The second kappa shape index (κ2) is 6.61. The molecule has 1 aromatic rings. The van der Waals surface area contributed by atoms with Gasteiger partial charge in [-0.1, -0.05) is 30.1 Å². The van der Waals surface area contributed by atoms with Crippen molar-refractivity contribution in [2.24, 2.45) is 0 Å². The molecule has 0 aliphatic rings. The molecule has 5 nitrogen and oxygen atoms in total. The highest BCUT2D eigenvalue weighted by Gasteiger charge is 2.12. The van der Waals surface area contributed by atoms with Gasteiger partial charge in [-0.3, -0.25) is 4.79 Å². The molecule has 0 saturated carbocycles.